The number of aryl methyl sites for hydroxylation is 1. The van der Waals surface area contributed by atoms with Crippen LogP contribution in [0.5, 0.6) is 0 Å². The third-order valence-electron chi connectivity index (χ3n) is 4.50. The maximum Gasteiger partial charge on any atom is 0.257 e. The molecule has 0 spiro atoms. The molecule has 1 amide bonds. The van der Waals surface area contributed by atoms with E-state index >= 15 is 0 Å². The van der Waals surface area contributed by atoms with Gasteiger partial charge in [0.05, 0.1) is 5.25 Å². The van der Waals surface area contributed by atoms with Gasteiger partial charge in [-0.15, -0.1) is 0 Å². The fourth-order valence-corrected chi connectivity index (χ4v) is 3.44. The maximum absolute atomic E-state index is 13.1. The summed E-state index contributed by atoms with van der Waals surface area (Å²) in [5, 5.41) is 3.09. The standard InChI is InChI=1S/C20H26FN3O2S/c1-6-12(2)22-18(25)14(4)27-20-23-13(3)17(19(26)24(20)5)11-15-7-9-16(21)10-8-15/h7-10,12,14H,6,11H2,1-5H3,(H,22,25). The fourth-order valence-electron chi connectivity index (χ4n) is 2.52. The second-order valence-corrected chi connectivity index (χ2v) is 8.01. The number of thioether (sulfide) groups is 1. The van der Waals surface area contributed by atoms with E-state index in [0.717, 1.165) is 12.0 Å². The van der Waals surface area contributed by atoms with E-state index in [9.17, 15) is 14.0 Å². The van der Waals surface area contributed by atoms with Gasteiger partial charge in [0.1, 0.15) is 5.82 Å². The quantitative estimate of drug-likeness (QED) is 0.581. The second-order valence-electron chi connectivity index (χ2n) is 6.70. The molecule has 2 aromatic rings. The lowest BCUT2D eigenvalue weighted by atomic mass is 10.1. The Morgan fingerprint density at radius 1 is 1.30 bits per heavy atom. The van der Waals surface area contributed by atoms with Crippen molar-refractivity contribution in [1.82, 2.24) is 14.9 Å². The van der Waals surface area contributed by atoms with Crippen molar-refractivity contribution in [3.8, 4) is 0 Å². The van der Waals surface area contributed by atoms with Crippen molar-refractivity contribution < 1.29 is 9.18 Å². The Hall–Kier alpha value is -2.15. The number of carbonyl (C=O) groups is 1. The van der Waals surface area contributed by atoms with Crippen molar-refractivity contribution in [3.63, 3.8) is 0 Å². The Morgan fingerprint density at radius 3 is 2.52 bits per heavy atom. The van der Waals surface area contributed by atoms with Crippen molar-refractivity contribution in [2.45, 2.75) is 57.0 Å². The van der Waals surface area contributed by atoms with Gasteiger partial charge in [0.25, 0.3) is 5.56 Å². The number of amides is 1. The van der Waals surface area contributed by atoms with E-state index in [-0.39, 0.29) is 28.6 Å². The molecular formula is C20H26FN3O2S. The molecule has 0 radical (unpaired) electrons. The summed E-state index contributed by atoms with van der Waals surface area (Å²) in [7, 11) is 1.66. The summed E-state index contributed by atoms with van der Waals surface area (Å²) in [5.74, 6) is -0.380. The monoisotopic (exact) mass is 391 g/mol. The number of carbonyl (C=O) groups excluding carboxylic acids is 1. The molecule has 27 heavy (non-hydrogen) atoms. The van der Waals surface area contributed by atoms with Gasteiger partial charge in [0.2, 0.25) is 5.91 Å². The summed E-state index contributed by atoms with van der Waals surface area (Å²) in [6.45, 7) is 7.55. The number of hydrogen-bond acceptors (Lipinski definition) is 4. The molecule has 2 atom stereocenters. The molecule has 0 aliphatic carbocycles. The summed E-state index contributed by atoms with van der Waals surface area (Å²) >= 11 is 1.27. The smallest absolute Gasteiger partial charge is 0.257 e. The van der Waals surface area contributed by atoms with Crippen LogP contribution < -0.4 is 10.9 Å². The van der Waals surface area contributed by atoms with Gasteiger partial charge in [-0.05, 0) is 44.9 Å². The first-order valence-electron chi connectivity index (χ1n) is 9.00. The SMILES string of the molecule is CCC(C)NC(=O)C(C)Sc1nc(C)c(Cc2ccc(F)cc2)c(=O)n1C. The zero-order valence-corrected chi connectivity index (χ0v) is 17.2. The molecule has 0 saturated heterocycles. The number of benzene rings is 1. The molecule has 0 aliphatic heterocycles. The van der Waals surface area contributed by atoms with Crippen molar-refractivity contribution in [2.24, 2.45) is 7.05 Å². The maximum atomic E-state index is 13.1. The van der Waals surface area contributed by atoms with Gasteiger partial charge in [-0.3, -0.25) is 14.2 Å². The summed E-state index contributed by atoms with van der Waals surface area (Å²) in [6, 6.07) is 6.20. The van der Waals surface area contributed by atoms with Crippen LogP contribution >= 0.6 is 11.8 Å². The van der Waals surface area contributed by atoms with Crippen LogP contribution in [0, 0.1) is 12.7 Å². The molecule has 2 rings (SSSR count). The molecule has 1 N–H and O–H groups in total. The third kappa shape index (κ3) is 5.42. The highest BCUT2D eigenvalue weighted by Crippen LogP contribution is 2.21. The lowest BCUT2D eigenvalue weighted by Crippen LogP contribution is -2.37. The fraction of sp³-hybridized carbons (Fsp3) is 0.450. The van der Waals surface area contributed by atoms with Crippen molar-refractivity contribution in [2.75, 3.05) is 0 Å². The van der Waals surface area contributed by atoms with Crippen LogP contribution in [0.1, 0.15) is 44.0 Å². The molecule has 0 aliphatic rings. The summed E-state index contributed by atoms with van der Waals surface area (Å²) in [5.41, 5.74) is 1.90. The van der Waals surface area contributed by atoms with Crippen LogP contribution in [0.4, 0.5) is 4.39 Å². The Balaban J connectivity index is 2.22. The highest BCUT2D eigenvalue weighted by molar-refractivity contribution is 8.00. The molecule has 1 heterocycles. The van der Waals surface area contributed by atoms with Gasteiger partial charge >= 0.3 is 0 Å². The Kier molecular flexibility index (Phi) is 7.18. The number of aromatic nitrogens is 2. The first-order valence-corrected chi connectivity index (χ1v) is 9.88. The van der Waals surface area contributed by atoms with Crippen LogP contribution in [0.3, 0.4) is 0 Å². The molecule has 2 unspecified atom stereocenters. The second kappa shape index (κ2) is 9.17. The summed E-state index contributed by atoms with van der Waals surface area (Å²) in [4.78, 5) is 29.6. The van der Waals surface area contributed by atoms with Gasteiger partial charge in [0.15, 0.2) is 5.16 Å². The first kappa shape index (κ1) is 21.2. The Morgan fingerprint density at radius 2 is 1.93 bits per heavy atom. The Bertz CT molecular complexity index is 865. The predicted octanol–water partition coefficient (Wildman–Crippen LogP) is 3.21. The van der Waals surface area contributed by atoms with E-state index in [1.54, 1.807) is 33.0 Å². The molecule has 146 valence electrons. The first-order chi connectivity index (χ1) is 12.7. The largest absolute Gasteiger partial charge is 0.353 e. The van der Waals surface area contributed by atoms with Gasteiger partial charge in [-0.25, -0.2) is 9.37 Å². The summed E-state index contributed by atoms with van der Waals surface area (Å²) in [6.07, 6.45) is 1.25. The minimum absolute atomic E-state index is 0.0726. The zero-order chi connectivity index (χ0) is 20.1. The molecule has 1 aromatic heterocycles. The van der Waals surface area contributed by atoms with E-state index in [1.807, 2.05) is 13.8 Å². The van der Waals surface area contributed by atoms with Crippen LogP contribution in [-0.2, 0) is 18.3 Å². The van der Waals surface area contributed by atoms with Crippen LogP contribution in [0.25, 0.3) is 0 Å². The van der Waals surface area contributed by atoms with E-state index in [1.165, 1.54) is 28.5 Å². The predicted molar refractivity (Wildman–Crippen MR) is 107 cm³/mol. The minimum atomic E-state index is -0.362. The van der Waals surface area contributed by atoms with Gasteiger partial charge in [-0.1, -0.05) is 30.8 Å². The van der Waals surface area contributed by atoms with Gasteiger partial charge < -0.3 is 5.32 Å². The number of rotatable bonds is 7. The highest BCUT2D eigenvalue weighted by Gasteiger charge is 2.20. The van der Waals surface area contributed by atoms with E-state index < -0.39 is 0 Å². The summed E-state index contributed by atoms with van der Waals surface area (Å²) < 4.78 is 14.6. The molecule has 0 bridgehead atoms. The van der Waals surface area contributed by atoms with Gasteiger partial charge in [-0.2, -0.15) is 0 Å². The number of hydrogen-bond donors (Lipinski definition) is 1. The average molecular weight is 392 g/mol. The number of halogens is 1. The van der Waals surface area contributed by atoms with E-state index in [0.29, 0.717) is 22.8 Å². The van der Waals surface area contributed by atoms with Crippen LogP contribution in [0.15, 0.2) is 34.2 Å². The zero-order valence-electron chi connectivity index (χ0n) is 16.4. The molecule has 7 heteroatoms. The average Bonchev–Trinajstić information content (AvgIpc) is 2.64. The molecule has 0 fully saturated rings. The highest BCUT2D eigenvalue weighted by atomic mass is 32.2. The number of nitrogens with zero attached hydrogens (tertiary/aromatic N) is 2. The van der Waals surface area contributed by atoms with Crippen molar-refractivity contribution >= 4 is 17.7 Å². The van der Waals surface area contributed by atoms with Gasteiger partial charge in [0, 0.05) is 30.8 Å². The molecule has 5 nitrogen and oxygen atoms in total. The van der Waals surface area contributed by atoms with E-state index in [2.05, 4.69) is 10.3 Å². The third-order valence-corrected chi connectivity index (χ3v) is 5.64. The van der Waals surface area contributed by atoms with Crippen molar-refractivity contribution in [3.05, 3.63) is 57.3 Å². The van der Waals surface area contributed by atoms with Crippen LogP contribution in [-0.4, -0.2) is 26.8 Å². The van der Waals surface area contributed by atoms with Crippen LogP contribution in [0.2, 0.25) is 0 Å². The minimum Gasteiger partial charge on any atom is -0.353 e. The topological polar surface area (TPSA) is 64.0 Å². The van der Waals surface area contributed by atoms with E-state index in [4.69, 9.17) is 0 Å². The number of nitrogens with one attached hydrogen (secondary N) is 1. The molecule has 0 saturated carbocycles. The molecule has 1 aromatic carbocycles. The lowest BCUT2D eigenvalue weighted by molar-refractivity contribution is -0.120. The van der Waals surface area contributed by atoms with Crippen molar-refractivity contribution in [1.29, 1.82) is 0 Å². The molecular weight excluding hydrogens is 365 g/mol. The lowest BCUT2D eigenvalue weighted by Gasteiger charge is -2.17. The normalized spacial score (nSPS) is 13.3. The Labute approximate surface area is 163 Å².